The topological polar surface area (TPSA) is 68.2 Å². The molecule has 0 radical (unpaired) electrons. The Bertz CT molecular complexity index is 1140. The zero-order chi connectivity index (χ0) is 22.1. The normalized spacial score (nSPS) is 15.2. The highest BCUT2D eigenvalue weighted by Crippen LogP contribution is 2.44. The van der Waals surface area contributed by atoms with E-state index in [2.05, 4.69) is 45.0 Å². The molecule has 0 spiro atoms. The van der Waals surface area contributed by atoms with Crippen molar-refractivity contribution in [1.82, 2.24) is 15.2 Å². The Morgan fingerprint density at radius 1 is 1.23 bits per heavy atom. The lowest BCUT2D eigenvalue weighted by molar-refractivity contribution is -0.118. The van der Waals surface area contributed by atoms with E-state index in [0.717, 1.165) is 32.6 Å². The van der Waals surface area contributed by atoms with Gasteiger partial charge in [0.05, 0.1) is 5.69 Å². The monoisotopic (exact) mass is 498 g/mol. The van der Waals surface area contributed by atoms with E-state index in [1.807, 2.05) is 49.4 Å². The average molecular weight is 499 g/mol. The Morgan fingerprint density at radius 3 is 2.71 bits per heavy atom. The van der Waals surface area contributed by atoms with Crippen LogP contribution in [0.15, 0.2) is 52.1 Å². The van der Waals surface area contributed by atoms with Gasteiger partial charge in [-0.3, -0.25) is 9.69 Å². The van der Waals surface area contributed by atoms with Crippen molar-refractivity contribution in [2.24, 2.45) is 5.92 Å². The molecule has 0 unspecified atom stereocenters. The molecule has 0 saturated heterocycles. The molecule has 1 atom stereocenters. The Hall–Kier alpha value is -2.45. The number of rotatable bonds is 4. The van der Waals surface area contributed by atoms with Crippen LogP contribution in [-0.4, -0.2) is 26.8 Å². The van der Waals surface area contributed by atoms with E-state index in [-0.39, 0.29) is 5.91 Å². The molecule has 0 saturated carbocycles. The summed E-state index contributed by atoms with van der Waals surface area (Å²) in [5.74, 6) is 1.61. The number of halogens is 1. The van der Waals surface area contributed by atoms with Crippen molar-refractivity contribution in [1.29, 1.82) is 0 Å². The zero-order valence-corrected chi connectivity index (χ0v) is 20.2. The lowest BCUT2D eigenvalue weighted by Gasteiger charge is -2.30. The van der Waals surface area contributed by atoms with E-state index in [1.54, 1.807) is 16.7 Å². The first-order valence-corrected chi connectivity index (χ1v) is 11.8. The molecule has 3 aromatic rings. The molecule has 6 nitrogen and oxygen atoms in total. The van der Waals surface area contributed by atoms with E-state index in [9.17, 15) is 4.79 Å². The number of ether oxygens (including phenoxy) is 1. The fraction of sp³-hybridized carbons (Fsp3) is 0.304. The van der Waals surface area contributed by atoms with E-state index in [0.29, 0.717) is 22.6 Å². The second kappa shape index (κ2) is 8.96. The molecule has 4 rings (SSSR count). The van der Waals surface area contributed by atoms with Crippen molar-refractivity contribution in [3.05, 3.63) is 58.1 Å². The molecule has 31 heavy (non-hydrogen) atoms. The summed E-state index contributed by atoms with van der Waals surface area (Å²) in [6.45, 7) is 7.83. The summed E-state index contributed by atoms with van der Waals surface area (Å²) in [6, 6.07) is 13.6. The molecule has 2 heterocycles. The molecule has 1 amide bonds. The van der Waals surface area contributed by atoms with Crippen LogP contribution in [0.25, 0.3) is 11.3 Å². The first-order valence-electron chi connectivity index (χ1n) is 10.0. The maximum Gasteiger partial charge on any atom is 0.247 e. The smallest absolute Gasteiger partial charge is 0.247 e. The third-order valence-corrected chi connectivity index (χ3v) is 6.80. The summed E-state index contributed by atoms with van der Waals surface area (Å²) in [4.78, 5) is 19.2. The van der Waals surface area contributed by atoms with Gasteiger partial charge in [-0.1, -0.05) is 71.4 Å². The standard InChI is InChI=1S/C23H23BrN4O2S/c1-13(2)12-31-23-25-21-20(26-27-23)17-11-14(3)9-10-19(17)28(15(4)29)22(30-21)16-7-5-6-8-18(16)24/h5-11,13,22H,12H2,1-4H3/t22-/m1/s1. The minimum Gasteiger partial charge on any atom is -0.447 e. The molecule has 0 fully saturated rings. The lowest BCUT2D eigenvalue weighted by Crippen LogP contribution is -2.36. The molecule has 1 aromatic heterocycles. The number of hydrogen-bond donors (Lipinski definition) is 0. The second-order valence-electron chi connectivity index (χ2n) is 7.85. The minimum absolute atomic E-state index is 0.138. The molecular formula is C23H23BrN4O2S. The van der Waals surface area contributed by atoms with Crippen LogP contribution >= 0.6 is 27.7 Å². The number of nitrogens with zero attached hydrogens (tertiary/aromatic N) is 4. The van der Waals surface area contributed by atoms with Crippen molar-refractivity contribution in [2.75, 3.05) is 10.7 Å². The molecular weight excluding hydrogens is 476 g/mol. The zero-order valence-electron chi connectivity index (χ0n) is 17.8. The third kappa shape index (κ3) is 4.45. The van der Waals surface area contributed by atoms with Gasteiger partial charge < -0.3 is 4.74 Å². The van der Waals surface area contributed by atoms with Gasteiger partial charge in [0.1, 0.15) is 0 Å². The molecule has 0 N–H and O–H groups in total. The summed E-state index contributed by atoms with van der Waals surface area (Å²) in [5, 5.41) is 9.36. The number of hydrogen-bond acceptors (Lipinski definition) is 6. The number of fused-ring (bicyclic) bond motifs is 3. The van der Waals surface area contributed by atoms with Gasteiger partial charge in [0.2, 0.25) is 23.2 Å². The van der Waals surface area contributed by atoms with E-state index in [1.165, 1.54) is 6.92 Å². The van der Waals surface area contributed by atoms with Gasteiger partial charge in [-0.25, -0.2) is 0 Å². The molecule has 0 bridgehead atoms. The number of aryl methyl sites for hydroxylation is 1. The molecule has 1 aliphatic rings. The van der Waals surface area contributed by atoms with Gasteiger partial charge in [0.25, 0.3) is 0 Å². The fourth-order valence-corrected chi connectivity index (χ4v) is 4.61. The lowest BCUT2D eigenvalue weighted by atomic mass is 10.0. The van der Waals surface area contributed by atoms with Crippen LogP contribution in [-0.2, 0) is 4.79 Å². The molecule has 1 aliphatic heterocycles. The van der Waals surface area contributed by atoms with Gasteiger partial charge in [-0.05, 0) is 31.0 Å². The maximum absolute atomic E-state index is 12.9. The highest BCUT2D eigenvalue weighted by molar-refractivity contribution is 9.10. The Balaban J connectivity index is 1.92. The first-order chi connectivity index (χ1) is 14.8. The van der Waals surface area contributed by atoms with Crippen molar-refractivity contribution in [3.8, 4) is 17.1 Å². The van der Waals surface area contributed by atoms with E-state index >= 15 is 0 Å². The maximum atomic E-state index is 12.9. The predicted octanol–water partition coefficient (Wildman–Crippen LogP) is 5.80. The number of aromatic nitrogens is 3. The Labute approximate surface area is 194 Å². The number of benzene rings is 2. The van der Waals surface area contributed by atoms with Crippen LogP contribution in [0.3, 0.4) is 0 Å². The van der Waals surface area contributed by atoms with Crippen LogP contribution < -0.4 is 9.64 Å². The number of carbonyl (C=O) groups is 1. The first kappa shape index (κ1) is 21.8. The van der Waals surface area contributed by atoms with Crippen LogP contribution in [0.4, 0.5) is 5.69 Å². The quantitative estimate of drug-likeness (QED) is 0.423. The highest BCUT2D eigenvalue weighted by Gasteiger charge is 2.35. The molecule has 2 aromatic carbocycles. The Kier molecular flexibility index (Phi) is 6.29. The van der Waals surface area contributed by atoms with E-state index < -0.39 is 6.23 Å². The van der Waals surface area contributed by atoms with Gasteiger partial charge in [-0.15, -0.1) is 10.2 Å². The average Bonchev–Trinajstić information content (AvgIpc) is 2.86. The summed E-state index contributed by atoms with van der Waals surface area (Å²) in [6.07, 6.45) is -0.699. The molecule has 8 heteroatoms. The summed E-state index contributed by atoms with van der Waals surface area (Å²) in [7, 11) is 0. The SMILES string of the molecule is CC(=O)N1c2ccc(C)cc2-c2nnc(SCC(C)C)nc2O[C@@H]1c1ccccc1Br. The van der Waals surface area contributed by atoms with Gasteiger partial charge in [-0.2, -0.15) is 4.98 Å². The third-order valence-electron chi connectivity index (χ3n) is 4.82. The van der Waals surface area contributed by atoms with Crippen LogP contribution in [0, 0.1) is 12.8 Å². The summed E-state index contributed by atoms with van der Waals surface area (Å²) in [5.41, 5.74) is 3.91. The van der Waals surface area contributed by atoms with Crippen LogP contribution in [0.5, 0.6) is 5.88 Å². The number of thioether (sulfide) groups is 1. The molecule has 0 aliphatic carbocycles. The summed E-state index contributed by atoms with van der Waals surface area (Å²) < 4.78 is 7.26. The number of amides is 1. The van der Waals surface area contributed by atoms with Crippen LogP contribution in [0.2, 0.25) is 0 Å². The van der Waals surface area contributed by atoms with Gasteiger partial charge >= 0.3 is 0 Å². The second-order valence-corrected chi connectivity index (χ2v) is 9.70. The van der Waals surface area contributed by atoms with Crippen LogP contribution in [0.1, 0.15) is 38.1 Å². The van der Waals surface area contributed by atoms with Gasteiger partial charge in [0, 0.05) is 28.3 Å². The number of anilines is 1. The van der Waals surface area contributed by atoms with Crippen molar-refractivity contribution >= 4 is 39.3 Å². The van der Waals surface area contributed by atoms with Crippen molar-refractivity contribution < 1.29 is 9.53 Å². The van der Waals surface area contributed by atoms with Crippen molar-refractivity contribution in [2.45, 2.75) is 39.1 Å². The number of carbonyl (C=O) groups excluding carboxylic acids is 1. The van der Waals surface area contributed by atoms with Crippen molar-refractivity contribution in [3.63, 3.8) is 0 Å². The fourth-order valence-electron chi connectivity index (χ4n) is 3.40. The molecule has 160 valence electrons. The van der Waals surface area contributed by atoms with Gasteiger partial charge in [0.15, 0.2) is 5.69 Å². The summed E-state index contributed by atoms with van der Waals surface area (Å²) >= 11 is 5.16. The predicted molar refractivity (Wildman–Crippen MR) is 126 cm³/mol. The minimum atomic E-state index is -0.699. The largest absolute Gasteiger partial charge is 0.447 e. The highest BCUT2D eigenvalue weighted by atomic mass is 79.9. The van der Waals surface area contributed by atoms with E-state index in [4.69, 9.17) is 4.74 Å². The Morgan fingerprint density at radius 2 is 2.00 bits per heavy atom.